The van der Waals surface area contributed by atoms with Crippen molar-refractivity contribution in [2.45, 2.75) is 78.0 Å². The molecule has 3 N–H and O–H groups in total. The fraction of sp³-hybridized carbons (Fsp3) is 0.516. The first-order chi connectivity index (χ1) is 19.4. The molecule has 2 atom stereocenters. The van der Waals surface area contributed by atoms with Gasteiger partial charge in [-0.25, -0.2) is 4.79 Å². The number of alkyl carbamates (subject to hydrolysis) is 1. The summed E-state index contributed by atoms with van der Waals surface area (Å²) in [7, 11) is 1.56. The average Bonchev–Trinajstić information content (AvgIpc) is 2.91. The Kier molecular flexibility index (Phi) is 13.3. The Morgan fingerprint density at radius 2 is 1.76 bits per heavy atom. The first kappa shape index (κ1) is 33.8. The predicted molar refractivity (Wildman–Crippen MR) is 165 cm³/mol. The van der Waals surface area contributed by atoms with E-state index in [9.17, 15) is 19.5 Å². The molecular formula is C31H45N3O6S. The second kappa shape index (κ2) is 16.1. The highest BCUT2D eigenvalue weighted by atomic mass is 32.2. The Hall–Kier alpha value is -3.40. The maximum atomic E-state index is 14.3. The van der Waals surface area contributed by atoms with Crippen molar-refractivity contribution >= 4 is 35.4 Å². The lowest BCUT2D eigenvalue weighted by Gasteiger charge is -2.35. The van der Waals surface area contributed by atoms with Gasteiger partial charge in [-0.05, 0) is 100 Å². The van der Waals surface area contributed by atoms with Gasteiger partial charge in [-0.3, -0.25) is 9.59 Å². The molecule has 0 aliphatic heterocycles. The number of unbranched alkanes of at least 4 members (excludes halogenated alkanes) is 2. The second-order valence-corrected chi connectivity index (χ2v) is 11.9. The van der Waals surface area contributed by atoms with Crippen LogP contribution in [0.15, 0.2) is 42.5 Å². The monoisotopic (exact) mass is 587 g/mol. The number of methoxy groups -OCH3 is 1. The third kappa shape index (κ3) is 10.8. The minimum absolute atomic E-state index is 0.0939. The summed E-state index contributed by atoms with van der Waals surface area (Å²) in [6.07, 6.45) is 4.07. The molecule has 0 heterocycles. The van der Waals surface area contributed by atoms with Crippen LogP contribution in [0, 0.1) is 6.92 Å². The summed E-state index contributed by atoms with van der Waals surface area (Å²) in [6, 6.07) is 9.91. The van der Waals surface area contributed by atoms with Crippen LogP contribution in [0.5, 0.6) is 11.5 Å². The number of amides is 3. The summed E-state index contributed by atoms with van der Waals surface area (Å²) in [4.78, 5) is 42.5. The number of carbonyl (C=O) groups excluding carboxylic acids is 3. The molecule has 2 rings (SSSR count). The quantitative estimate of drug-likeness (QED) is 0.230. The second-order valence-electron chi connectivity index (χ2n) is 10.9. The van der Waals surface area contributed by atoms with Gasteiger partial charge in [0.2, 0.25) is 5.91 Å². The normalized spacial score (nSPS) is 12.7. The number of nitrogens with zero attached hydrogens (tertiary/aromatic N) is 1. The van der Waals surface area contributed by atoms with E-state index < -0.39 is 29.7 Å². The lowest BCUT2D eigenvalue weighted by molar-refractivity contribution is -0.141. The molecule has 10 heteroatoms. The predicted octanol–water partition coefficient (Wildman–Crippen LogP) is 6.05. The van der Waals surface area contributed by atoms with E-state index in [0.717, 1.165) is 12.8 Å². The highest BCUT2D eigenvalue weighted by Gasteiger charge is 2.36. The summed E-state index contributed by atoms with van der Waals surface area (Å²) in [5, 5.41) is 15.9. The topological polar surface area (TPSA) is 117 Å². The Labute approximate surface area is 248 Å². The van der Waals surface area contributed by atoms with Crippen molar-refractivity contribution in [2.24, 2.45) is 0 Å². The maximum Gasteiger partial charge on any atom is 0.408 e. The first-order valence-corrected chi connectivity index (χ1v) is 15.3. The molecule has 3 amide bonds. The standard InChI is InChI=1S/C31H45N3O6S/c1-8-9-10-18-34(29(37)25(17-19-41-7)33-30(38)40-31(3,4)5)27(22-11-16-26(35)21(2)20-22)28(36)32-23-12-14-24(39-6)15-13-23/h11-16,20,25,27,35H,8-10,17-19H2,1-7H3,(H,32,36)(H,33,38). The van der Waals surface area contributed by atoms with E-state index in [1.807, 2.05) is 6.26 Å². The fourth-order valence-corrected chi connectivity index (χ4v) is 4.72. The van der Waals surface area contributed by atoms with Crippen LogP contribution in [0.2, 0.25) is 0 Å². The highest BCUT2D eigenvalue weighted by molar-refractivity contribution is 7.98. The van der Waals surface area contributed by atoms with Crippen LogP contribution in [-0.4, -0.2) is 65.2 Å². The van der Waals surface area contributed by atoms with Gasteiger partial charge in [0, 0.05) is 12.2 Å². The number of nitrogens with one attached hydrogen (secondary N) is 2. The van der Waals surface area contributed by atoms with Crippen LogP contribution in [0.3, 0.4) is 0 Å². The number of phenols is 1. The van der Waals surface area contributed by atoms with Crippen molar-refractivity contribution in [3.8, 4) is 11.5 Å². The van der Waals surface area contributed by atoms with E-state index >= 15 is 0 Å². The van der Waals surface area contributed by atoms with E-state index in [4.69, 9.17) is 9.47 Å². The van der Waals surface area contributed by atoms with Crippen molar-refractivity contribution in [3.05, 3.63) is 53.6 Å². The van der Waals surface area contributed by atoms with E-state index in [0.29, 0.717) is 47.7 Å². The number of rotatable bonds is 14. The van der Waals surface area contributed by atoms with Gasteiger partial charge in [-0.1, -0.05) is 25.8 Å². The van der Waals surface area contributed by atoms with E-state index in [1.54, 1.807) is 87.9 Å². The molecular weight excluding hydrogens is 542 g/mol. The fourth-order valence-electron chi connectivity index (χ4n) is 4.25. The van der Waals surface area contributed by atoms with Gasteiger partial charge in [0.1, 0.15) is 29.2 Å². The summed E-state index contributed by atoms with van der Waals surface area (Å²) in [6.45, 7) is 9.39. The number of aryl methyl sites for hydroxylation is 1. The number of aromatic hydroxyl groups is 1. The number of hydrogen-bond donors (Lipinski definition) is 3. The Bertz CT molecular complexity index is 1150. The molecule has 9 nitrogen and oxygen atoms in total. The van der Waals surface area contributed by atoms with Crippen LogP contribution in [0.25, 0.3) is 0 Å². The van der Waals surface area contributed by atoms with Crippen molar-refractivity contribution in [2.75, 3.05) is 31.0 Å². The lowest BCUT2D eigenvalue weighted by Crippen LogP contribution is -2.52. The van der Waals surface area contributed by atoms with Gasteiger partial charge in [-0.2, -0.15) is 11.8 Å². The molecule has 0 spiro atoms. The molecule has 226 valence electrons. The molecule has 0 saturated carbocycles. The highest BCUT2D eigenvalue weighted by Crippen LogP contribution is 2.29. The SMILES string of the molecule is CCCCCN(C(=O)C(CCSC)NC(=O)OC(C)(C)C)C(C(=O)Nc1ccc(OC)cc1)c1ccc(O)c(C)c1. The van der Waals surface area contributed by atoms with Gasteiger partial charge in [0.05, 0.1) is 7.11 Å². The van der Waals surface area contributed by atoms with Crippen LogP contribution in [0.1, 0.15) is 70.5 Å². The van der Waals surface area contributed by atoms with Crippen molar-refractivity contribution in [3.63, 3.8) is 0 Å². The van der Waals surface area contributed by atoms with Gasteiger partial charge in [0.15, 0.2) is 0 Å². The van der Waals surface area contributed by atoms with Crippen molar-refractivity contribution in [1.29, 1.82) is 0 Å². The number of phenolic OH excluding ortho intramolecular Hbond substituents is 1. The number of carbonyl (C=O) groups is 3. The van der Waals surface area contributed by atoms with Crippen molar-refractivity contribution < 1.29 is 29.0 Å². The molecule has 2 unspecified atom stereocenters. The molecule has 2 aromatic carbocycles. The number of thioether (sulfide) groups is 1. The molecule has 41 heavy (non-hydrogen) atoms. The minimum atomic E-state index is -1.02. The molecule has 0 radical (unpaired) electrons. The zero-order valence-corrected chi connectivity index (χ0v) is 26.1. The molecule has 0 aliphatic carbocycles. The first-order valence-electron chi connectivity index (χ1n) is 13.9. The number of hydrogen-bond acceptors (Lipinski definition) is 7. The van der Waals surface area contributed by atoms with E-state index in [1.165, 1.54) is 6.07 Å². The molecule has 0 bridgehead atoms. The van der Waals surface area contributed by atoms with Gasteiger partial charge < -0.3 is 30.1 Å². The van der Waals surface area contributed by atoms with E-state index in [2.05, 4.69) is 17.6 Å². The Morgan fingerprint density at radius 3 is 2.32 bits per heavy atom. The summed E-state index contributed by atoms with van der Waals surface area (Å²) >= 11 is 1.56. The zero-order chi connectivity index (χ0) is 30.6. The van der Waals surface area contributed by atoms with Crippen LogP contribution in [-0.2, 0) is 14.3 Å². The van der Waals surface area contributed by atoms with Gasteiger partial charge >= 0.3 is 6.09 Å². The lowest BCUT2D eigenvalue weighted by atomic mass is 9.99. The smallest absolute Gasteiger partial charge is 0.408 e. The number of anilines is 1. The van der Waals surface area contributed by atoms with Crippen LogP contribution < -0.4 is 15.4 Å². The third-order valence-corrected chi connectivity index (χ3v) is 6.98. The largest absolute Gasteiger partial charge is 0.508 e. The van der Waals surface area contributed by atoms with Crippen LogP contribution >= 0.6 is 11.8 Å². The molecule has 2 aromatic rings. The average molecular weight is 588 g/mol. The molecule has 0 saturated heterocycles. The van der Waals surface area contributed by atoms with Gasteiger partial charge in [0.25, 0.3) is 5.91 Å². The summed E-state index contributed by atoms with van der Waals surface area (Å²) in [5.74, 6) is 0.578. The summed E-state index contributed by atoms with van der Waals surface area (Å²) < 4.78 is 10.7. The molecule has 0 fully saturated rings. The molecule has 0 aromatic heterocycles. The Balaban J connectivity index is 2.54. The van der Waals surface area contributed by atoms with E-state index in [-0.39, 0.29) is 11.7 Å². The van der Waals surface area contributed by atoms with Crippen LogP contribution in [0.4, 0.5) is 10.5 Å². The Morgan fingerprint density at radius 1 is 1.07 bits per heavy atom. The van der Waals surface area contributed by atoms with Crippen molar-refractivity contribution in [1.82, 2.24) is 10.2 Å². The maximum absolute atomic E-state index is 14.3. The van der Waals surface area contributed by atoms with Gasteiger partial charge in [-0.15, -0.1) is 0 Å². The zero-order valence-electron chi connectivity index (χ0n) is 25.3. The molecule has 0 aliphatic rings. The minimum Gasteiger partial charge on any atom is -0.508 e. The summed E-state index contributed by atoms with van der Waals surface area (Å²) in [5.41, 5.74) is 0.944. The third-order valence-electron chi connectivity index (χ3n) is 6.34. The number of ether oxygens (including phenoxy) is 2. The number of benzene rings is 2.